The van der Waals surface area contributed by atoms with E-state index in [4.69, 9.17) is 11.6 Å². The molecule has 1 aromatic carbocycles. The lowest BCUT2D eigenvalue weighted by atomic mass is 9.89. The number of halogens is 1. The SMILES string of the molecule is Cc1nn(C)c(Cl)c1/C=C/C(=O)N1CCC(c2c[nH]c3ccccc23)CC1. The highest BCUT2D eigenvalue weighted by Gasteiger charge is 2.24. The number of hydrogen-bond acceptors (Lipinski definition) is 2. The minimum Gasteiger partial charge on any atom is -0.361 e. The molecule has 1 N–H and O–H groups in total. The van der Waals surface area contributed by atoms with Crippen molar-refractivity contribution in [2.75, 3.05) is 13.1 Å². The Balaban J connectivity index is 1.41. The highest BCUT2D eigenvalue weighted by Crippen LogP contribution is 2.33. The molecule has 0 bridgehead atoms. The molecule has 140 valence electrons. The van der Waals surface area contributed by atoms with Gasteiger partial charge >= 0.3 is 0 Å². The average molecular weight is 383 g/mol. The topological polar surface area (TPSA) is 53.9 Å². The lowest BCUT2D eigenvalue weighted by Gasteiger charge is -2.31. The van der Waals surface area contributed by atoms with Crippen LogP contribution in [0.15, 0.2) is 36.5 Å². The number of aromatic amines is 1. The molecule has 0 saturated carbocycles. The second kappa shape index (κ2) is 7.24. The van der Waals surface area contributed by atoms with Gasteiger partial charge in [-0.25, -0.2) is 0 Å². The van der Waals surface area contributed by atoms with Gasteiger partial charge in [-0.2, -0.15) is 5.10 Å². The van der Waals surface area contributed by atoms with Crippen molar-refractivity contribution in [3.63, 3.8) is 0 Å². The lowest BCUT2D eigenvalue weighted by Crippen LogP contribution is -2.36. The number of hydrogen-bond donors (Lipinski definition) is 1. The molecule has 1 amide bonds. The second-order valence-electron chi connectivity index (χ2n) is 7.14. The summed E-state index contributed by atoms with van der Waals surface area (Å²) >= 11 is 6.23. The van der Waals surface area contributed by atoms with Crippen LogP contribution in [-0.4, -0.2) is 38.7 Å². The zero-order valence-corrected chi connectivity index (χ0v) is 16.3. The number of rotatable bonds is 3. The van der Waals surface area contributed by atoms with E-state index in [-0.39, 0.29) is 5.91 Å². The molecule has 0 atom stereocenters. The molecule has 1 fully saturated rings. The summed E-state index contributed by atoms with van der Waals surface area (Å²) in [6.45, 7) is 3.43. The van der Waals surface area contributed by atoms with Gasteiger partial charge in [0.2, 0.25) is 5.91 Å². The first-order valence-electron chi connectivity index (χ1n) is 9.26. The lowest BCUT2D eigenvalue weighted by molar-refractivity contribution is -0.126. The van der Waals surface area contributed by atoms with Gasteiger partial charge in [-0.3, -0.25) is 9.48 Å². The summed E-state index contributed by atoms with van der Waals surface area (Å²) in [4.78, 5) is 17.8. The number of aryl methyl sites for hydroxylation is 2. The standard InChI is InChI=1S/C21H23ClN4O/c1-14-16(21(22)25(2)24-14)7-8-20(27)26-11-9-15(10-12-26)18-13-23-19-6-4-3-5-17(18)19/h3-8,13,15,23H,9-12H2,1-2H3/b8-7+. The zero-order chi connectivity index (χ0) is 19.0. The number of nitrogens with one attached hydrogen (secondary N) is 1. The van der Waals surface area contributed by atoms with E-state index in [0.717, 1.165) is 37.2 Å². The summed E-state index contributed by atoms with van der Waals surface area (Å²) in [6, 6.07) is 8.40. The molecular formula is C21H23ClN4O. The van der Waals surface area contributed by atoms with E-state index in [1.807, 2.05) is 17.9 Å². The van der Waals surface area contributed by atoms with E-state index in [2.05, 4.69) is 34.5 Å². The number of H-pyrrole nitrogens is 1. The van der Waals surface area contributed by atoms with Crippen molar-refractivity contribution >= 4 is 34.5 Å². The van der Waals surface area contributed by atoms with Gasteiger partial charge in [0, 0.05) is 48.9 Å². The van der Waals surface area contributed by atoms with Crippen LogP contribution < -0.4 is 0 Å². The normalized spacial score (nSPS) is 15.9. The Hall–Kier alpha value is -2.53. The monoisotopic (exact) mass is 382 g/mol. The Bertz CT molecular complexity index is 1010. The molecule has 1 aliphatic rings. The van der Waals surface area contributed by atoms with Crippen LogP contribution in [0.5, 0.6) is 0 Å². The molecule has 0 aliphatic carbocycles. The number of carbonyl (C=O) groups is 1. The molecule has 3 heterocycles. The Labute approximate surface area is 163 Å². The predicted molar refractivity (Wildman–Crippen MR) is 109 cm³/mol. The number of nitrogens with zero attached hydrogens (tertiary/aromatic N) is 3. The van der Waals surface area contributed by atoms with Gasteiger partial charge in [-0.1, -0.05) is 29.8 Å². The van der Waals surface area contributed by atoms with Crippen LogP contribution >= 0.6 is 11.6 Å². The van der Waals surface area contributed by atoms with Crippen molar-refractivity contribution < 1.29 is 4.79 Å². The summed E-state index contributed by atoms with van der Waals surface area (Å²) in [5.41, 5.74) is 4.18. The van der Waals surface area contributed by atoms with Gasteiger partial charge in [0.05, 0.1) is 5.69 Å². The maximum absolute atomic E-state index is 12.6. The van der Waals surface area contributed by atoms with E-state index in [1.165, 1.54) is 16.5 Å². The van der Waals surface area contributed by atoms with E-state index < -0.39 is 0 Å². The first-order valence-corrected chi connectivity index (χ1v) is 9.64. The molecular weight excluding hydrogens is 360 g/mol. The van der Waals surface area contributed by atoms with Crippen molar-refractivity contribution in [2.45, 2.75) is 25.7 Å². The molecule has 0 unspecified atom stereocenters. The summed E-state index contributed by atoms with van der Waals surface area (Å²) in [5.74, 6) is 0.524. The molecule has 0 radical (unpaired) electrons. The van der Waals surface area contributed by atoms with Gasteiger partial charge in [0.1, 0.15) is 5.15 Å². The third-order valence-corrected chi connectivity index (χ3v) is 5.90. The van der Waals surface area contributed by atoms with Crippen molar-refractivity contribution in [3.8, 4) is 0 Å². The van der Waals surface area contributed by atoms with Crippen LogP contribution in [-0.2, 0) is 11.8 Å². The number of piperidine rings is 1. The number of amides is 1. The number of likely N-dealkylation sites (tertiary alicyclic amines) is 1. The van der Waals surface area contributed by atoms with Gasteiger partial charge in [-0.05, 0) is 43.4 Å². The highest BCUT2D eigenvalue weighted by atomic mass is 35.5. The minimum atomic E-state index is 0.0340. The molecule has 5 nitrogen and oxygen atoms in total. The maximum Gasteiger partial charge on any atom is 0.246 e. The maximum atomic E-state index is 12.6. The highest BCUT2D eigenvalue weighted by molar-refractivity contribution is 6.31. The minimum absolute atomic E-state index is 0.0340. The number of benzene rings is 1. The molecule has 4 rings (SSSR count). The Kier molecular flexibility index (Phi) is 4.79. The van der Waals surface area contributed by atoms with Gasteiger partial charge in [0.25, 0.3) is 0 Å². The number of carbonyl (C=O) groups excluding carboxylic acids is 1. The van der Waals surface area contributed by atoms with Crippen molar-refractivity contribution in [1.82, 2.24) is 19.7 Å². The van der Waals surface area contributed by atoms with Crippen LogP contribution in [0.4, 0.5) is 0 Å². The molecule has 1 saturated heterocycles. The van der Waals surface area contributed by atoms with Gasteiger partial charge in [0.15, 0.2) is 0 Å². The fraction of sp³-hybridized carbons (Fsp3) is 0.333. The van der Waals surface area contributed by atoms with E-state index in [1.54, 1.807) is 23.9 Å². The Morgan fingerprint density at radius 1 is 1.30 bits per heavy atom. The van der Waals surface area contributed by atoms with Gasteiger partial charge < -0.3 is 9.88 Å². The smallest absolute Gasteiger partial charge is 0.246 e. The first kappa shape index (κ1) is 17.9. The Morgan fingerprint density at radius 2 is 2.04 bits per heavy atom. The second-order valence-corrected chi connectivity index (χ2v) is 7.49. The average Bonchev–Trinajstić information content (AvgIpc) is 3.21. The largest absolute Gasteiger partial charge is 0.361 e. The number of para-hydroxylation sites is 1. The van der Waals surface area contributed by atoms with E-state index in [0.29, 0.717) is 11.1 Å². The van der Waals surface area contributed by atoms with Crippen LogP contribution in [0.2, 0.25) is 5.15 Å². The summed E-state index contributed by atoms with van der Waals surface area (Å²) in [7, 11) is 1.80. The zero-order valence-electron chi connectivity index (χ0n) is 15.6. The predicted octanol–water partition coefficient (Wildman–Crippen LogP) is 4.28. The van der Waals surface area contributed by atoms with Crippen LogP contribution in [0.1, 0.15) is 35.6 Å². The quantitative estimate of drug-likeness (QED) is 0.687. The van der Waals surface area contributed by atoms with Crippen molar-refractivity contribution in [1.29, 1.82) is 0 Å². The molecule has 0 spiro atoms. The molecule has 2 aromatic heterocycles. The first-order chi connectivity index (χ1) is 13.0. The van der Waals surface area contributed by atoms with Crippen LogP contribution in [0.25, 0.3) is 17.0 Å². The number of fused-ring (bicyclic) bond motifs is 1. The Morgan fingerprint density at radius 3 is 2.74 bits per heavy atom. The van der Waals surface area contributed by atoms with Crippen molar-refractivity contribution in [2.24, 2.45) is 7.05 Å². The molecule has 3 aromatic rings. The van der Waals surface area contributed by atoms with Crippen LogP contribution in [0, 0.1) is 6.92 Å². The van der Waals surface area contributed by atoms with Gasteiger partial charge in [-0.15, -0.1) is 0 Å². The fourth-order valence-electron chi connectivity index (χ4n) is 3.94. The van der Waals surface area contributed by atoms with E-state index in [9.17, 15) is 4.79 Å². The molecule has 27 heavy (non-hydrogen) atoms. The third kappa shape index (κ3) is 3.39. The number of aromatic nitrogens is 3. The van der Waals surface area contributed by atoms with Crippen LogP contribution in [0.3, 0.4) is 0 Å². The summed E-state index contributed by atoms with van der Waals surface area (Å²) in [5, 5.41) is 6.12. The van der Waals surface area contributed by atoms with E-state index >= 15 is 0 Å². The summed E-state index contributed by atoms with van der Waals surface area (Å²) in [6.07, 6.45) is 7.47. The fourth-order valence-corrected chi connectivity index (χ4v) is 4.18. The molecule has 1 aliphatic heterocycles. The van der Waals surface area contributed by atoms with Crippen molar-refractivity contribution in [3.05, 3.63) is 58.5 Å². The third-order valence-electron chi connectivity index (χ3n) is 5.46. The molecule has 6 heteroatoms. The summed E-state index contributed by atoms with van der Waals surface area (Å²) < 4.78 is 1.62.